The monoisotopic (exact) mass is 568 g/mol. The Balaban J connectivity index is 0.000000168. The van der Waals surface area contributed by atoms with E-state index in [-0.39, 0.29) is 29.3 Å². The molecule has 1 aliphatic carbocycles. The van der Waals surface area contributed by atoms with Crippen molar-refractivity contribution in [1.82, 2.24) is 10.2 Å². The van der Waals surface area contributed by atoms with Crippen LogP contribution in [0.3, 0.4) is 0 Å². The van der Waals surface area contributed by atoms with E-state index in [9.17, 15) is 20.4 Å². The average Bonchev–Trinajstić information content (AvgIpc) is 3.00. The Morgan fingerprint density at radius 3 is 2.36 bits per heavy atom. The highest BCUT2D eigenvalue weighted by molar-refractivity contribution is 5.82. The SMILES string of the molecule is CC(COc1ccccc1)NC(C)C(O)c1ccc(O)cc1.CN1CCc2cccc3c2[C@H]1Cc1ccc(O)c(O)c1-3. The molecule has 42 heavy (non-hydrogen) atoms. The number of likely N-dealkylation sites (N-methyl/N-ethyl adjacent to an activating group) is 1. The first-order valence-electron chi connectivity index (χ1n) is 14.5. The van der Waals surface area contributed by atoms with Gasteiger partial charge in [0, 0.05) is 30.2 Å². The van der Waals surface area contributed by atoms with Crippen LogP contribution in [0.15, 0.2) is 84.9 Å². The molecule has 1 heterocycles. The van der Waals surface area contributed by atoms with E-state index < -0.39 is 6.10 Å². The summed E-state index contributed by atoms with van der Waals surface area (Å²) in [4.78, 5) is 2.39. The molecule has 0 saturated heterocycles. The zero-order valence-electron chi connectivity index (χ0n) is 24.4. The Morgan fingerprint density at radius 1 is 0.881 bits per heavy atom. The Bertz CT molecular complexity index is 1490. The van der Waals surface area contributed by atoms with Crippen molar-refractivity contribution in [2.75, 3.05) is 20.2 Å². The number of aromatic hydroxyl groups is 3. The van der Waals surface area contributed by atoms with Gasteiger partial charge in [0.2, 0.25) is 0 Å². The van der Waals surface area contributed by atoms with Crippen LogP contribution in [0.4, 0.5) is 0 Å². The second-order valence-corrected chi connectivity index (χ2v) is 11.3. The van der Waals surface area contributed by atoms with E-state index in [0.717, 1.165) is 47.4 Å². The van der Waals surface area contributed by atoms with Gasteiger partial charge in [-0.2, -0.15) is 0 Å². The molecule has 0 fully saturated rings. The molecule has 5 N–H and O–H groups in total. The van der Waals surface area contributed by atoms with E-state index in [0.29, 0.717) is 12.6 Å². The maximum Gasteiger partial charge on any atom is 0.165 e. The third kappa shape index (κ3) is 6.39. The normalized spacial score (nSPS) is 17.6. The molecule has 7 nitrogen and oxygen atoms in total. The number of benzene rings is 4. The quantitative estimate of drug-likeness (QED) is 0.182. The second kappa shape index (κ2) is 12.9. The lowest BCUT2D eigenvalue weighted by atomic mass is 9.77. The van der Waals surface area contributed by atoms with Crippen molar-refractivity contribution >= 4 is 0 Å². The Hall–Kier alpha value is -4.04. The van der Waals surface area contributed by atoms with Crippen molar-refractivity contribution in [2.24, 2.45) is 0 Å². The molecule has 6 rings (SSSR count). The number of rotatable bonds is 7. The molecule has 0 amide bonds. The number of ether oxygens (including phenoxy) is 1. The van der Waals surface area contributed by atoms with Crippen molar-refractivity contribution in [3.63, 3.8) is 0 Å². The highest BCUT2D eigenvalue weighted by Gasteiger charge is 2.34. The number of hydrogen-bond acceptors (Lipinski definition) is 7. The maximum atomic E-state index is 10.3. The number of para-hydroxylation sites is 1. The van der Waals surface area contributed by atoms with Gasteiger partial charge in [0.25, 0.3) is 0 Å². The van der Waals surface area contributed by atoms with Crippen LogP contribution < -0.4 is 10.1 Å². The number of nitrogens with zero attached hydrogens (tertiary/aromatic N) is 1. The number of phenolic OH excluding ortho intramolecular Hbond substituents is 3. The summed E-state index contributed by atoms with van der Waals surface area (Å²) in [5.74, 6) is 1.01. The van der Waals surface area contributed by atoms with Crippen LogP contribution in [-0.2, 0) is 12.8 Å². The third-order valence-corrected chi connectivity index (χ3v) is 8.22. The van der Waals surface area contributed by atoms with Gasteiger partial charge >= 0.3 is 0 Å². The largest absolute Gasteiger partial charge is 0.508 e. The number of phenols is 3. The Labute approximate surface area is 247 Å². The maximum absolute atomic E-state index is 10.3. The van der Waals surface area contributed by atoms with Gasteiger partial charge in [0.15, 0.2) is 11.5 Å². The molecular formula is C35H40N2O5. The topological polar surface area (TPSA) is 105 Å². The molecule has 0 aromatic heterocycles. The van der Waals surface area contributed by atoms with Crippen molar-refractivity contribution in [1.29, 1.82) is 0 Å². The minimum Gasteiger partial charge on any atom is -0.508 e. The molecular weight excluding hydrogens is 528 g/mol. The van der Waals surface area contributed by atoms with Gasteiger partial charge in [-0.3, -0.25) is 4.90 Å². The molecule has 0 radical (unpaired) electrons. The summed E-state index contributed by atoms with van der Waals surface area (Å²) in [5, 5.41) is 43.0. The molecule has 3 unspecified atom stereocenters. The number of hydrogen-bond donors (Lipinski definition) is 5. The van der Waals surface area contributed by atoms with Gasteiger partial charge in [-0.15, -0.1) is 0 Å². The number of aliphatic hydroxyl groups excluding tert-OH is 1. The summed E-state index contributed by atoms with van der Waals surface area (Å²) in [7, 11) is 2.16. The van der Waals surface area contributed by atoms with Crippen LogP contribution >= 0.6 is 0 Å². The van der Waals surface area contributed by atoms with E-state index in [4.69, 9.17) is 4.74 Å². The predicted octanol–water partition coefficient (Wildman–Crippen LogP) is 5.72. The number of fused-ring (bicyclic) bond motifs is 2. The zero-order chi connectivity index (χ0) is 29.8. The van der Waals surface area contributed by atoms with Crippen molar-refractivity contribution in [2.45, 2.75) is 50.9 Å². The van der Waals surface area contributed by atoms with E-state index in [1.165, 1.54) is 11.1 Å². The predicted molar refractivity (Wildman–Crippen MR) is 165 cm³/mol. The van der Waals surface area contributed by atoms with Gasteiger partial charge in [-0.25, -0.2) is 0 Å². The fourth-order valence-corrected chi connectivity index (χ4v) is 5.96. The van der Waals surface area contributed by atoms with Gasteiger partial charge < -0.3 is 30.5 Å². The van der Waals surface area contributed by atoms with E-state index in [1.54, 1.807) is 30.3 Å². The van der Waals surface area contributed by atoms with Crippen molar-refractivity contribution in [3.05, 3.63) is 107 Å². The van der Waals surface area contributed by atoms with E-state index in [1.807, 2.05) is 50.2 Å². The zero-order valence-corrected chi connectivity index (χ0v) is 24.4. The molecule has 4 aromatic rings. The minimum absolute atomic E-state index is 0.0163. The molecule has 4 aromatic carbocycles. The van der Waals surface area contributed by atoms with Gasteiger partial charge in [-0.1, -0.05) is 54.6 Å². The first-order chi connectivity index (χ1) is 20.2. The van der Waals surface area contributed by atoms with Gasteiger partial charge in [-0.05, 0) is 91.9 Å². The lowest BCUT2D eigenvalue weighted by molar-refractivity contribution is 0.124. The summed E-state index contributed by atoms with van der Waals surface area (Å²) in [6.45, 7) is 5.54. The van der Waals surface area contributed by atoms with Gasteiger partial charge in [0.05, 0.1) is 6.10 Å². The highest BCUT2D eigenvalue weighted by atomic mass is 16.5. The summed E-state index contributed by atoms with van der Waals surface area (Å²) in [5.41, 5.74) is 6.48. The van der Waals surface area contributed by atoms with E-state index in [2.05, 4.69) is 35.5 Å². The van der Waals surface area contributed by atoms with Crippen molar-refractivity contribution < 1.29 is 25.2 Å². The second-order valence-electron chi connectivity index (χ2n) is 11.3. The lowest BCUT2D eigenvalue weighted by Gasteiger charge is -2.39. The minimum atomic E-state index is -0.639. The summed E-state index contributed by atoms with van der Waals surface area (Å²) in [6, 6.07) is 26.4. The first-order valence-corrected chi connectivity index (χ1v) is 14.5. The molecule has 1 aliphatic heterocycles. The third-order valence-electron chi connectivity index (χ3n) is 8.22. The summed E-state index contributed by atoms with van der Waals surface area (Å²) >= 11 is 0. The average molecular weight is 569 g/mol. The Kier molecular flexibility index (Phi) is 9.02. The molecule has 4 atom stereocenters. The summed E-state index contributed by atoms with van der Waals surface area (Å²) in [6.07, 6.45) is 1.30. The molecule has 220 valence electrons. The molecule has 0 saturated carbocycles. The summed E-state index contributed by atoms with van der Waals surface area (Å²) < 4.78 is 5.69. The molecule has 2 aliphatic rings. The van der Waals surface area contributed by atoms with Crippen LogP contribution in [-0.4, -0.2) is 57.6 Å². The van der Waals surface area contributed by atoms with Crippen LogP contribution in [0.1, 0.15) is 48.2 Å². The van der Waals surface area contributed by atoms with Gasteiger partial charge in [0.1, 0.15) is 18.1 Å². The molecule has 0 spiro atoms. The first kappa shape index (κ1) is 29.5. The fourth-order valence-electron chi connectivity index (χ4n) is 5.96. The van der Waals surface area contributed by atoms with Crippen LogP contribution in [0.25, 0.3) is 11.1 Å². The highest BCUT2D eigenvalue weighted by Crippen LogP contribution is 2.49. The number of nitrogens with one attached hydrogen (secondary N) is 1. The standard InChI is InChI=1S/C18H23NO3.C17H17NO2/c1-13(12-22-17-6-4-3-5-7-17)19-14(2)18(21)15-8-10-16(20)11-9-15;1-18-8-7-10-3-2-4-12-15(10)13(18)9-11-5-6-14(19)17(20)16(11)12/h3-11,13-14,18-21H,12H2,1-2H3;2-6,13,19-20H,7-9H2,1H3/t;13-/m.1/s1. The number of aliphatic hydroxyl groups is 1. The smallest absolute Gasteiger partial charge is 0.165 e. The van der Waals surface area contributed by atoms with Crippen molar-refractivity contribution in [3.8, 4) is 34.1 Å². The van der Waals surface area contributed by atoms with E-state index >= 15 is 0 Å². The lowest BCUT2D eigenvalue weighted by Crippen LogP contribution is -2.41. The van der Waals surface area contributed by atoms with Crippen LogP contribution in [0.5, 0.6) is 23.0 Å². The van der Waals surface area contributed by atoms with Crippen LogP contribution in [0.2, 0.25) is 0 Å². The molecule has 0 bridgehead atoms. The Morgan fingerprint density at radius 2 is 1.62 bits per heavy atom. The van der Waals surface area contributed by atoms with Crippen LogP contribution in [0, 0.1) is 0 Å². The fraction of sp³-hybridized carbons (Fsp3) is 0.314. The molecule has 7 heteroatoms.